The molecule has 0 saturated heterocycles. The van der Waals surface area contributed by atoms with E-state index in [4.69, 9.17) is 0 Å². The zero-order valence-corrected chi connectivity index (χ0v) is 17.8. The molecule has 0 radical (unpaired) electrons. The SMILES string of the molecule is CCCCC/C=C\C/C=C\C/C=C\C/C=C\CCCCC(C)(O)N(C)C. The van der Waals surface area contributed by atoms with E-state index in [2.05, 4.69) is 55.5 Å². The van der Waals surface area contributed by atoms with E-state index in [-0.39, 0.29) is 0 Å². The van der Waals surface area contributed by atoms with Crippen LogP contribution in [0.1, 0.15) is 84.5 Å². The molecule has 2 heteroatoms. The maximum atomic E-state index is 10.1. The van der Waals surface area contributed by atoms with Crippen LogP contribution in [-0.4, -0.2) is 29.8 Å². The average molecular weight is 362 g/mol. The average Bonchev–Trinajstić information content (AvgIpc) is 2.60. The summed E-state index contributed by atoms with van der Waals surface area (Å²) in [6.07, 6.45) is 30.5. The lowest BCUT2D eigenvalue weighted by molar-refractivity contribution is -0.0733. The first-order chi connectivity index (χ1) is 12.5. The minimum Gasteiger partial charge on any atom is -0.376 e. The van der Waals surface area contributed by atoms with Crippen molar-refractivity contribution in [2.45, 2.75) is 90.2 Å². The second-order valence-corrected chi connectivity index (χ2v) is 7.45. The van der Waals surface area contributed by atoms with Gasteiger partial charge in [-0.25, -0.2) is 0 Å². The lowest BCUT2D eigenvalue weighted by atomic mass is 10.1. The highest BCUT2D eigenvalue weighted by molar-refractivity contribution is 4.99. The molecule has 1 unspecified atom stereocenters. The molecule has 0 heterocycles. The van der Waals surface area contributed by atoms with Gasteiger partial charge in [-0.1, -0.05) is 68.4 Å². The first-order valence-corrected chi connectivity index (χ1v) is 10.5. The standard InChI is InChI=1S/C24H43NO/c1-5-6-7-8-9-10-11-12-13-14-15-16-17-18-19-20-21-22-23-24(2,26)25(3)4/h9-10,12-13,15-16,18-19,26H,5-8,11,14,17,20-23H2,1-4H3/b10-9-,13-12-,16-15-,19-18-. The number of hydrogen-bond donors (Lipinski definition) is 1. The molecule has 0 saturated carbocycles. The normalized spacial score (nSPS) is 15.3. The molecule has 26 heavy (non-hydrogen) atoms. The Morgan fingerprint density at radius 2 is 1.12 bits per heavy atom. The predicted octanol–water partition coefficient (Wildman–Crippen LogP) is 6.79. The number of rotatable bonds is 16. The van der Waals surface area contributed by atoms with E-state index in [9.17, 15) is 5.11 Å². The summed E-state index contributed by atoms with van der Waals surface area (Å²) in [4.78, 5) is 1.88. The summed E-state index contributed by atoms with van der Waals surface area (Å²) in [6.45, 7) is 4.13. The molecule has 0 aromatic heterocycles. The fourth-order valence-electron chi connectivity index (χ4n) is 2.51. The summed E-state index contributed by atoms with van der Waals surface area (Å²) in [5, 5.41) is 10.1. The Kier molecular flexibility index (Phi) is 16.6. The Balaban J connectivity index is 3.52. The van der Waals surface area contributed by atoms with Gasteiger partial charge >= 0.3 is 0 Å². The Bertz CT molecular complexity index is 416. The first kappa shape index (κ1) is 24.9. The summed E-state index contributed by atoms with van der Waals surface area (Å²) in [5.74, 6) is 0. The number of allylic oxidation sites excluding steroid dienone is 8. The molecule has 0 fully saturated rings. The molecule has 0 aliphatic rings. The van der Waals surface area contributed by atoms with Gasteiger partial charge in [0.25, 0.3) is 0 Å². The lowest BCUT2D eigenvalue weighted by Crippen LogP contribution is -2.40. The van der Waals surface area contributed by atoms with Crippen molar-refractivity contribution in [3.05, 3.63) is 48.6 Å². The topological polar surface area (TPSA) is 23.5 Å². The quantitative estimate of drug-likeness (QED) is 0.186. The Morgan fingerprint density at radius 3 is 1.54 bits per heavy atom. The number of hydrogen-bond acceptors (Lipinski definition) is 2. The molecule has 0 rings (SSSR count). The van der Waals surface area contributed by atoms with Crippen LogP contribution in [0.3, 0.4) is 0 Å². The maximum Gasteiger partial charge on any atom is 0.115 e. The summed E-state index contributed by atoms with van der Waals surface area (Å²) in [6, 6.07) is 0. The van der Waals surface area contributed by atoms with Gasteiger partial charge in [0, 0.05) is 0 Å². The van der Waals surface area contributed by atoms with Crippen LogP contribution in [0.25, 0.3) is 0 Å². The van der Waals surface area contributed by atoms with Crippen molar-refractivity contribution in [3.63, 3.8) is 0 Å². The van der Waals surface area contributed by atoms with E-state index in [0.717, 1.165) is 44.9 Å². The minimum atomic E-state index is -0.676. The zero-order valence-electron chi connectivity index (χ0n) is 17.8. The third kappa shape index (κ3) is 16.4. The van der Waals surface area contributed by atoms with Gasteiger partial charge in [-0.05, 0) is 78.8 Å². The van der Waals surface area contributed by atoms with Crippen molar-refractivity contribution in [3.8, 4) is 0 Å². The van der Waals surface area contributed by atoms with Crippen molar-refractivity contribution < 1.29 is 5.11 Å². The molecule has 0 spiro atoms. The van der Waals surface area contributed by atoms with E-state index in [1.54, 1.807) is 0 Å². The first-order valence-electron chi connectivity index (χ1n) is 10.5. The second kappa shape index (κ2) is 17.3. The molecule has 0 amide bonds. The number of unbranched alkanes of at least 4 members (excludes halogenated alkanes) is 5. The molecular weight excluding hydrogens is 318 g/mol. The lowest BCUT2D eigenvalue weighted by Gasteiger charge is -2.30. The van der Waals surface area contributed by atoms with Gasteiger partial charge in [-0.15, -0.1) is 0 Å². The number of nitrogens with zero attached hydrogens (tertiary/aromatic N) is 1. The van der Waals surface area contributed by atoms with Crippen molar-refractivity contribution in [2.24, 2.45) is 0 Å². The highest BCUT2D eigenvalue weighted by atomic mass is 16.3. The Morgan fingerprint density at radius 1 is 0.692 bits per heavy atom. The van der Waals surface area contributed by atoms with Crippen molar-refractivity contribution in [1.29, 1.82) is 0 Å². The van der Waals surface area contributed by atoms with Crippen LogP contribution in [0.2, 0.25) is 0 Å². The second-order valence-electron chi connectivity index (χ2n) is 7.45. The third-order valence-corrected chi connectivity index (χ3v) is 4.69. The highest BCUT2D eigenvalue weighted by Crippen LogP contribution is 2.16. The Labute approximate surface area is 163 Å². The third-order valence-electron chi connectivity index (χ3n) is 4.69. The zero-order chi connectivity index (χ0) is 19.5. The van der Waals surface area contributed by atoms with Gasteiger partial charge in [0.15, 0.2) is 0 Å². The van der Waals surface area contributed by atoms with Crippen LogP contribution in [-0.2, 0) is 0 Å². The van der Waals surface area contributed by atoms with Gasteiger partial charge in [0.2, 0.25) is 0 Å². The summed E-state index contributed by atoms with van der Waals surface area (Å²) < 4.78 is 0. The van der Waals surface area contributed by atoms with Crippen molar-refractivity contribution in [2.75, 3.05) is 14.1 Å². The van der Waals surface area contributed by atoms with E-state index in [0.29, 0.717) is 0 Å². The molecule has 1 N–H and O–H groups in total. The van der Waals surface area contributed by atoms with Crippen LogP contribution >= 0.6 is 0 Å². The molecule has 0 aliphatic heterocycles. The van der Waals surface area contributed by atoms with Crippen LogP contribution in [0.15, 0.2) is 48.6 Å². The largest absolute Gasteiger partial charge is 0.376 e. The fourth-order valence-corrected chi connectivity index (χ4v) is 2.51. The van der Waals surface area contributed by atoms with E-state index < -0.39 is 5.72 Å². The van der Waals surface area contributed by atoms with Crippen molar-refractivity contribution in [1.82, 2.24) is 4.90 Å². The molecule has 2 nitrogen and oxygen atoms in total. The van der Waals surface area contributed by atoms with Crippen molar-refractivity contribution >= 4 is 0 Å². The molecule has 0 aliphatic carbocycles. The van der Waals surface area contributed by atoms with Crippen LogP contribution in [0.4, 0.5) is 0 Å². The fraction of sp³-hybridized carbons (Fsp3) is 0.667. The van der Waals surface area contributed by atoms with Gasteiger partial charge in [-0.3, -0.25) is 4.90 Å². The van der Waals surface area contributed by atoms with Gasteiger partial charge in [0.05, 0.1) is 0 Å². The summed E-state index contributed by atoms with van der Waals surface area (Å²) in [5.41, 5.74) is -0.676. The molecule has 1 atom stereocenters. The van der Waals surface area contributed by atoms with Crippen LogP contribution in [0.5, 0.6) is 0 Å². The summed E-state index contributed by atoms with van der Waals surface area (Å²) >= 11 is 0. The number of aliphatic hydroxyl groups is 1. The Hall–Kier alpha value is -1.12. The molecule has 0 bridgehead atoms. The minimum absolute atomic E-state index is 0.676. The molecule has 0 aromatic carbocycles. The van der Waals surface area contributed by atoms with Gasteiger partial charge in [0.1, 0.15) is 5.72 Å². The molecular formula is C24H43NO. The van der Waals surface area contributed by atoms with E-state index in [1.807, 2.05) is 25.9 Å². The van der Waals surface area contributed by atoms with Crippen LogP contribution < -0.4 is 0 Å². The highest BCUT2D eigenvalue weighted by Gasteiger charge is 2.21. The monoisotopic (exact) mass is 361 g/mol. The predicted molar refractivity (Wildman–Crippen MR) is 117 cm³/mol. The van der Waals surface area contributed by atoms with Gasteiger partial charge < -0.3 is 5.11 Å². The molecule has 0 aromatic rings. The van der Waals surface area contributed by atoms with E-state index >= 15 is 0 Å². The smallest absolute Gasteiger partial charge is 0.115 e. The van der Waals surface area contributed by atoms with E-state index in [1.165, 1.54) is 25.7 Å². The maximum absolute atomic E-state index is 10.1. The van der Waals surface area contributed by atoms with Crippen LogP contribution in [0, 0.1) is 0 Å². The van der Waals surface area contributed by atoms with Gasteiger partial charge in [-0.2, -0.15) is 0 Å². The summed E-state index contributed by atoms with van der Waals surface area (Å²) in [7, 11) is 3.85. The molecule has 150 valence electrons.